The Labute approximate surface area is 239 Å². The van der Waals surface area contributed by atoms with Gasteiger partial charge in [0.15, 0.2) is 0 Å². The molecule has 2 nitrogen and oxygen atoms in total. The molecule has 0 radical (unpaired) electrons. The van der Waals surface area contributed by atoms with Gasteiger partial charge >= 0.3 is 23.0 Å². The van der Waals surface area contributed by atoms with E-state index >= 15 is 0 Å². The second-order valence-electron chi connectivity index (χ2n) is 9.32. The van der Waals surface area contributed by atoms with Gasteiger partial charge in [-0.2, -0.15) is 35.9 Å². The maximum Gasteiger partial charge on any atom is 2.00 e. The average Bonchev–Trinajstić information content (AvgIpc) is 3.68. The van der Waals surface area contributed by atoms with Gasteiger partial charge in [0, 0.05) is 5.25 Å². The smallest absolute Gasteiger partial charge is 0.465 e. The van der Waals surface area contributed by atoms with E-state index in [1.54, 1.807) is 11.8 Å². The Kier molecular flexibility index (Phi) is 9.68. The van der Waals surface area contributed by atoms with Crippen LogP contribution in [0.15, 0.2) is 109 Å². The summed E-state index contributed by atoms with van der Waals surface area (Å²) in [4.78, 5) is 12.8. The van der Waals surface area contributed by atoms with E-state index in [0.717, 1.165) is 12.8 Å². The Morgan fingerprint density at radius 3 is 2.16 bits per heavy atom. The van der Waals surface area contributed by atoms with Gasteiger partial charge in [-0.3, -0.25) is 4.79 Å². The Hall–Kier alpha value is -3.04. The summed E-state index contributed by atoms with van der Waals surface area (Å²) in [7, 11) is 0. The topological polar surface area (TPSA) is 26.3 Å². The molecule has 38 heavy (non-hydrogen) atoms. The van der Waals surface area contributed by atoms with E-state index in [0.29, 0.717) is 6.61 Å². The molecule has 0 aliphatic heterocycles. The van der Waals surface area contributed by atoms with E-state index in [4.69, 9.17) is 4.74 Å². The van der Waals surface area contributed by atoms with Crippen LogP contribution in [0.3, 0.4) is 0 Å². The Morgan fingerprint density at radius 1 is 0.842 bits per heavy atom. The van der Waals surface area contributed by atoms with Crippen LogP contribution in [-0.4, -0.2) is 17.8 Å². The van der Waals surface area contributed by atoms with E-state index in [2.05, 4.69) is 85.8 Å². The fraction of sp³-hybridized carbons (Fsp3) is 0.206. The van der Waals surface area contributed by atoms with Gasteiger partial charge in [-0.25, -0.2) is 24.3 Å². The van der Waals surface area contributed by atoms with Crippen LogP contribution in [-0.2, 0) is 33.0 Å². The number of hydrogen-bond donors (Lipinski definition) is 0. The molecule has 6 aromatic rings. The second kappa shape index (κ2) is 13.2. The third kappa shape index (κ3) is 6.15. The number of carbonyl (C=O) groups excluding carboxylic acids is 1. The van der Waals surface area contributed by atoms with Crippen LogP contribution in [0, 0.1) is 0 Å². The summed E-state index contributed by atoms with van der Waals surface area (Å²) in [5.41, 5.74) is 2.55. The van der Waals surface area contributed by atoms with Crippen molar-refractivity contribution in [2.45, 2.75) is 37.2 Å². The molecule has 6 rings (SSSR count). The van der Waals surface area contributed by atoms with Crippen molar-refractivity contribution in [3.63, 3.8) is 0 Å². The van der Waals surface area contributed by atoms with Crippen LogP contribution in [0.4, 0.5) is 0 Å². The summed E-state index contributed by atoms with van der Waals surface area (Å²) in [5.74, 6) is -0.103. The van der Waals surface area contributed by atoms with Gasteiger partial charge in [0.1, 0.15) is 5.25 Å². The standard InChI is InChI=1S/C29H27O2S.C5H5.Fe/c1-3-31-29(30)26(32-19(2)20-7-4-5-8-20)18-16-21-11-12-24-14-13-22-9-6-10-23-15-17-25(21)28(24)27(22)23;1-2-4-5-3-1;/h4-15,17,19,26H,3,16,18H2,1-2H3;1-5H;/q2*-1;+2. The van der Waals surface area contributed by atoms with E-state index in [-0.39, 0.29) is 33.5 Å². The molecule has 194 valence electrons. The summed E-state index contributed by atoms with van der Waals surface area (Å²) < 4.78 is 5.43. The zero-order chi connectivity index (χ0) is 25.6. The van der Waals surface area contributed by atoms with E-state index < -0.39 is 0 Å². The zero-order valence-electron chi connectivity index (χ0n) is 21.7. The van der Waals surface area contributed by atoms with Crippen molar-refractivity contribution in [1.82, 2.24) is 0 Å². The Morgan fingerprint density at radius 2 is 1.53 bits per heavy atom. The van der Waals surface area contributed by atoms with Crippen molar-refractivity contribution in [3.05, 3.63) is 120 Å². The predicted molar refractivity (Wildman–Crippen MR) is 159 cm³/mol. The third-order valence-corrected chi connectivity index (χ3v) is 8.36. The first-order chi connectivity index (χ1) is 18.2. The quantitative estimate of drug-likeness (QED) is 0.0804. The number of ether oxygens (including phenoxy) is 1. The first-order valence-electron chi connectivity index (χ1n) is 13.0. The van der Waals surface area contributed by atoms with Crippen molar-refractivity contribution in [3.8, 4) is 0 Å². The van der Waals surface area contributed by atoms with Crippen molar-refractivity contribution in [2.75, 3.05) is 6.61 Å². The largest absolute Gasteiger partial charge is 2.00 e. The van der Waals surface area contributed by atoms with Crippen LogP contribution in [0.5, 0.6) is 0 Å². The SMILES string of the molecule is CCOC(=O)C(CCc1ccc2ccc3cccc4ccc1c2c34)SC(C)c1ccc[cH-]1.[Fe+2].c1cc[cH-]c1. The van der Waals surface area contributed by atoms with Gasteiger partial charge in [-0.05, 0) is 57.6 Å². The van der Waals surface area contributed by atoms with Crippen molar-refractivity contribution in [2.24, 2.45) is 0 Å². The van der Waals surface area contributed by atoms with E-state index in [1.807, 2.05) is 37.3 Å². The van der Waals surface area contributed by atoms with Crippen LogP contribution < -0.4 is 0 Å². The molecule has 4 heteroatoms. The molecule has 0 saturated heterocycles. The van der Waals surface area contributed by atoms with Crippen LogP contribution in [0.25, 0.3) is 32.3 Å². The molecule has 0 fully saturated rings. The molecule has 0 heterocycles. The maximum absolute atomic E-state index is 12.8. The molecule has 0 spiro atoms. The minimum atomic E-state index is -0.182. The molecule has 2 unspecified atom stereocenters. The van der Waals surface area contributed by atoms with Gasteiger partial charge < -0.3 is 4.74 Å². The molecule has 0 saturated carbocycles. The summed E-state index contributed by atoms with van der Waals surface area (Å²) in [6, 6.07) is 38.2. The number of thioether (sulfide) groups is 1. The van der Waals surface area contributed by atoms with Crippen molar-refractivity contribution >= 4 is 50.0 Å². The molecule has 0 amide bonds. The number of aryl methyl sites for hydroxylation is 1. The normalized spacial score (nSPS) is 12.6. The summed E-state index contributed by atoms with van der Waals surface area (Å²) in [6.45, 7) is 4.46. The van der Waals surface area contributed by atoms with Crippen LogP contribution in [0.2, 0.25) is 0 Å². The first kappa shape index (κ1) is 28.0. The minimum absolute atomic E-state index is 0. The summed E-state index contributed by atoms with van der Waals surface area (Å²) >= 11 is 1.71. The number of benzene rings is 4. The van der Waals surface area contributed by atoms with Crippen molar-refractivity contribution in [1.29, 1.82) is 0 Å². The second-order valence-corrected chi connectivity index (χ2v) is 10.9. The van der Waals surface area contributed by atoms with Crippen LogP contribution in [0.1, 0.15) is 36.6 Å². The monoisotopic (exact) mass is 560 g/mol. The number of esters is 1. The molecular weight excluding hydrogens is 528 g/mol. The molecule has 6 aromatic carbocycles. The van der Waals surface area contributed by atoms with E-state index in [1.165, 1.54) is 43.4 Å². The zero-order valence-corrected chi connectivity index (χ0v) is 23.7. The predicted octanol–water partition coefficient (Wildman–Crippen LogP) is 9.06. The number of rotatable bonds is 8. The minimum Gasteiger partial charge on any atom is -0.465 e. The van der Waals surface area contributed by atoms with Gasteiger partial charge in [-0.15, -0.1) is 11.8 Å². The molecular formula is C34H32FeO2S. The number of carbonyl (C=O) groups is 1. The van der Waals surface area contributed by atoms with Gasteiger partial charge in [0.05, 0.1) is 6.61 Å². The average molecular weight is 561 g/mol. The summed E-state index contributed by atoms with van der Waals surface area (Å²) in [5, 5.41) is 7.87. The molecule has 2 atom stereocenters. The fourth-order valence-corrected chi connectivity index (χ4v) is 6.32. The number of hydrogen-bond acceptors (Lipinski definition) is 3. The van der Waals surface area contributed by atoms with Gasteiger partial charge in [-0.1, -0.05) is 61.5 Å². The maximum atomic E-state index is 12.8. The van der Waals surface area contributed by atoms with Crippen LogP contribution >= 0.6 is 11.8 Å². The molecule has 0 aliphatic carbocycles. The fourth-order valence-electron chi connectivity index (χ4n) is 5.08. The Balaban J connectivity index is 0.000000504. The third-order valence-electron chi connectivity index (χ3n) is 6.93. The summed E-state index contributed by atoms with van der Waals surface area (Å²) in [6.07, 6.45) is 1.61. The van der Waals surface area contributed by atoms with E-state index in [9.17, 15) is 4.79 Å². The van der Waals surface area contributed by atoms with Gasteiger partial charge in [0.25, 0.3) is 0 Å². The van der Waals surface area contributed by atoms with Gasteiger partial charge in [0.2, 0.25) is 0 Å². The Bertz CT molecular complexity index is 1520. The molecule has 0 bridgehead atoms. The van der Waals surface area contributed by atoms with Crippen molar-refractivity contribution < 1.29 is 26.6 Å². The molecule has 0 aromatic heterocycles. The molecule has 0 N–H and O–H groups in total. The molecule has 0 aliphatic rings. The first-order valence-corrected chi connectivity index (χ1v) is 14.0.